The van der Waals surface area contributed by atoms with Crippen LogP contribution < -0.4 is 14.6 Å². The quantitative estimate of drug-likeness (QED) is 0.218. The maximum atomic E-state index is 12.2. The number of hydrogen-bond donors (Lipinski definition) is 1. The van der Waals surface area contributed by atoms with Crippen LogP contribution in [-0.2, 0) is 4.74 Å². The maximum absolute atomic E-state index is 12.2. The molecule has 0 spiro atoms. The zero-order chi connectivity index (χ0) is 28.6. The molecule has 0 unspecified atom stereocenters. The van der Waals surface area contributed by atoms with Crippen LogP contribution in [0.3, 0.4) is 0 Å². The molecule has 3 heterocycles. The molecule has 5 aromatic rings. The molecule has 2 aromatic carbocycles. The molecule has 0 aliphatic heterocycles. The van der Waals surface area contributed by atoms with Crippen LogP contribution in [0, 0.1) is 0 Å². The van der Waals surface area contributed by atoms with Gasteiger partial charge in [-0.3, -0.25) is 0 Å². The van der Waals surface area contributed by atoms with Crippen LogP contribution in [0.15, 0.2) is 83.7 Å². The number of aromatic nitrogens is 2. The third-order valence-corrected chi connectivity index (χ3v) is 7.54. The number of furan rings is 1. The van der Waals surface area contributed by atoms with Gasteiger partial charge in [-0.15, -0.1) is 0 Å². The van der Waals surface area contributed by atoms with Gasteiger partial charge in [0.05, 0.1) is 34.5 Å². The van der Waals surface area contributed by atoms with Gasteiger partial charge in [0.1, 0.15) is 22.7 Å². The van der Waals surface area contributed by atoms with Crippen molar-refractivity contribution in [3.05, 3.63) is 84.3 Å². The molecule has 1 fully saturated rings. The fourth-order valence-electron chi connectivity index (χ4n) is 5.39. The first-order chi connectivity index (χ1) is 19.7. The van der Waals surface area contributed by atoms with Gasteiger partial charge in [-0.1, -0.05) is 35.9 Å². The lowest BCUT2D eigenvalue weighted by Gasteiger charge is -2.30. The second-order valence-corrected chi connectivity index (χ2v) is 11.9. The average molecular weight is 571 g/mol. The molecule has 0 radical (unpaired) electrons. The summed E-state index contributed by atoms with van der Waals surface area (Å²) < 4.78 is 20.1. The minimum Gasteiger partial charge on any atom is -0.490 e. The highest BCUT2D eigenvalue weighted by Crippen LogP contribution is 2.39. The Labute approximate surface area is 244 Å². The molecule has 1 saturated carbocycles. The second-order valence-electron chi connectivity index (χ2n) is 11.5. The lowest BCUT2D eigenvalue weighted by atomic mass is 9.93. The average Bonchev–Trinajstić information content (AvgIpc) is 3.37. The Hall–Kier alpha value is -4.10. The van der Waals surface area contributed by atoms with Gasteiger partial charge in [0.25, 0.3) is 0 Å². The Kier molecular flexibility index (Phi) is 7.30. The number of alkyl carbamates (subject to hydrolysis) is 1. The molecule has 1 amide bonds. The van der Waals surface area contributed by atoms with E-state index >= 15 is 0 Å². The van der Waals surface area contributed by atoms with E-state index in [0.717, 1.165) is 64.6 Å². The van der Waals surface area contributed by atoms with Crippen LogP contribution in [0.4, 0.5) is 4.79 Å². The van der Waals surface area contributed by atoms with Gasteiger partial charge < -0.3 is 19.2 Å². The predicted molar refractivity (Wildman–Crippen MR) is 160 cm³/mol. The Balaban J connectivity index is 1.30. The van der Waals surface area contributed by atoms with Crippen molar-refractivity contribution in [2.45, 2.75) is 64.2 Å². The summed E-state index contributed by atoms with van der Waals surface area (Å²) in [6.45, 7) is 5.59. The molecule has 0 atom stereocenters. The number of rotatable bonds is 5. The van der Waals surface area contributed by atoms with Gasteiger partial charge in [-0.25, -0.2) is 9.36 Å². The minimum absolute atomic E-state index is 0.0136. The third-order valence-electron chi connectivity index (χ3n) is 7.24. The molecular formula is C33H33ClN3O4+. The number of nitrogens with one attached hydrogen (secondary N) is 1. The Morgan fingerprint density at radius 3 is 2.51 bits per heavy atom. The van der Waals surface area contributed by atoms with E-state index in [-0.39, 0.29) is 18.2 Å². The summed E-state index contributed by atoms with van der Waals surface area (Å²) in [4.78, 5) is 17.0. The summed E-state index contributed by atoms with van der Waals surface area (Å²) in [5.41, 5.74) is 1.14. The van der Waals surface area contributed by atoms with E-state index in [9.17, 15) is 4.79 Å². The number of benzene rings is 2. The standard InChI is InChI=1S/C33H32ClN3O4/c1-33(2,3)41-32(38)36-22-11-13-23(14-12-22)39-24-18-25-26(29-17-21-9-5-6-10-28(21)40-29)20-35-31(30(25)27(34)19-24)37-15-7-4-8-16-37/h4-10,15-20,22-23H,11-14H2,1-3H3/p+1/t22-,23-. The van der Waals surface area contributed by atoms with Crippen molar-refractivity contribution < 1.29 is 23.3 Å². The number of hydrogen-bond acceptors (Lipinski definition) is 5. The topological polar surface area (TPSA) is 77.5 Å². The lowest BCUT2D eigenvalue weighted by Crippen LogP contribution is -2.42. The van der Waals surface area contributed by atoms with E-state index in [4.69, 9.17) is 30.5 Å². The number of halogens is 1. The van der Waals surface area contributed by atoms with Gasteiger partial charge in [0.15, 0.2) is 6.20 Å². The molecule has 1 aliphatic carbocycles. The number of ether oxygens (including phenoxy) is 2. The van der Waals surface area contributed by atoms with Crippen LogP contribution in [0.5, 0.6) is 5.75 Å². The zero-order valence-corrected chi connectivity index (χ0v) is 24.1. The number of carbonyl (C=O) groups excluding carboxylic acids is 1. The van der Waals surface area contributed by atoms with Crippen LogP contribution in [0.1, 0.15) is 46.5 Å². The van der Waals surface area contributed by atoms with Crippen molar-refractivity contribution in [2.24, 2.45) is 0 Å². The highest BCUT2D eigenvalue weighted by atomic mass is 35.5. The summed E-state index contributed by atoms with van der Waals surface area (Å²) in [5, 5.41) is 6.28. The Morgan fingerprint density at radius 2 is 1.78 bits per heavy atom. The fourth-order valence-corrected chi connectivity index (χ4v) is 5.68. The first-order valence-corrected chi connectivity index (χ1v) is 14.4. The highest BCUT2D eigenvalue weighted by Gasteiger charge is 2.27. The second kappa shape index (κ2) is 11.1. The molecule has 0 saturated heterocycles. The molecule has 1 aliphatic rings. The summed E-state index contributed by atoms with van der Waals surface area (Å²) in [6, 6.07) is 19.8. The van der Waals surface area contributed by atoms with Crippen LogP contribution in [-0.4, -0.2) is 28.8 Å². The van der Waals surface area contributed by atoms with Gasteiger partial charge in [0, 0.05) is 16.8 Å². The number of pyridine rings is 2. The van der Waals surface area contributed by atoms with Crippen molar-refractivity contribution in [3.63, 3.8) is 0 Å². The molecule has 210 valence electrons. The summed E-state index contributed by atoms with van der Waals surface area (Å²) in [6.07, 6.45) is 8.63. The smallest absolute Gasteiger partial charge is 0.407 e. The third kappa shape index (κ3) is 6.00. The van der Waals surface area contributed by atoms with Crippen LogP contribution in [0.2, 0.25) is 5.02 Å². The molecule has 6 rings (SSSR count). The van der Waals surface area contributed by atoms with Crippen molar-refractivity contribution in [1.82, 2.24) is 10.3 Å². The predicted octanol–water partition coefficient (Wildman–Crippen LogP) is 7.79. The maximum Gasteiger partial charge on any atom is 0.407 e. The van der Waals surface area contributed by atoms with Crippen LogP contribution in [0.25, 0.3) is 38.9 Å². The van der Waals surface area contributed by atoms with Crippen molar-refractivity contribution in [1.29, 1.82) is 0 Å². The number of fused-ring (bicyclic) bond motifs is 2. The first-order valence-electron chi connectivity index (χ1n) is 14.0. The van der Waals surface area contributed by atoms with E-state index in [0.29, 0.717) is 10.8 Å². The molecule has 1 N–H and O–H groups in total. The van der Waals surface area contributed by atoms with Crippen LogP contribution >= 0.6 is 11.6 Å². The molecular weight excluding hydrogens is 538 g/mol. The van der Waals surface area contributed by atoms with Crippen molar-refractivity contribution >= 4 is 39.4 Å². The molecule has 3 aromatic heterocycles. The van der Waals surface area contributed by atoms with Crippen molar-refractivity contribution in [3.8, 4) is 22.9 Å². The molecule has 0 bridgehead atoms. The molecule has 8 heteroatoms. The van der Waals surface area contributed by atoms with Gasteiger partial charge >= 0.3 is 11.9 Å². The first kappa shape index (κ1) is 27.1. The van der Waals surface area contributed by atoms with E-state index in [1.54, 1.807) is 0 Å². The number of para-hydroxylation sites is 1. The molecule has 41 heavy (non-hydrogen) atoms. The SMILES string of the molecule is CC(C)(C)OC(=O)N[C@H]1CC[C@H](Oc2cc(Cl)c3c(-[n+]4ccccc4)ncc(-c4cc5ccccc5o4)c3c2)CC1. The van der Waals surface area contributed by atoms with Gasteiger partial charge in [-0.2, -0.15) is 0 Å². The monoisotopic (exact) mass is 570 g/mol. The fraction of sp³-hybridized carbons (Fsp3) is 0.303. The Bertz CT molecular complexity index is 1670. The van der Waals surface area contributed by atoms with E-state index in [2.05, 4.69) is 5.32 Å². The highest BCUT2D eigenvalue weighted by molar-refractivity contribution is 6.36. The number of carbonyl (C=O) groups is 1. The van der Waals surface area contributed by atoms with E-state index in [1.807, 2.05) is 105 Å². The minimum atomic E-state index is -0.518. The van der Waals surface area contributed by atoms with Gasteiger partial charge in [-0.05, 0) is 87.8 Å². The Morgan fingerprint density at radius 1 is 1.02 bits per heavy atom. The summed E-state index contributed by atoms with van der Waals surface area (Å²) in [5.74, 6) is 2.14. The largest absolute Gasteiger partial charge is 0.490 e. The zero-order valence-electron chi connectivity index (χ0n) is 23.4. The normalized spacial score (nSPS) is 17.5. The number of nitrogens with zero attached hydrogens (tertiary/aromatic N) is 2. The van der Waals surface area contributed by atoms with Crippen molar-refractivity contribution in [2.75, 3.05) is 0 Å². The summed E-state index contributed by atoms with van der Waals surface area (Å²) >= 11 is 6.98. The lowest BCUT2D eigenvalue weighted by molar-refractivity contribution is -0.598. The van der Waals surface area contributed by atoms with E-state index in [1.165, 1.54) is 0 Å². The van der Waals surface area contributed by atoms with E-state index < -0.39 is 5.60 Å². The summed E-state index contributed by atoms with van der Waals surface area (Å²) in [7, 11) is 0. The number of amides is 1. The van der Waals surface area contributed by atoms with Gasteiger partial charge in [0.2, 0.25) is 0 Å². The molecule has 7 nitrogen and oxygen atoms in total.